The largest absolute Gasteiger partial charge is 0.497 e. The van der Waals surface area contributed by atoms with Gasteiger partial charge in [-0.3, -0.25) is 14.6 Å². The van der Waals surface area contributed by atoms with E-state index >= 15 is 0 Å². The fraction of sp³-hybridized carbons (Fsp3) is 0.571. The van der Waals surface area contributed by atoms with Gasteiger partial charge < -0.3 is 36.9 Å². The fourth-order valence-electron chi connectivity index (χ4n) is 3.97. The lowest BCUT2D eigenvalue weighted by Crippen LogP contribution is -2.56. The molecule has 1 aliphatic carbocycles. The SMILES string of the molecule is COc1cccc(CCNC(=O)C2(C(=O)NC(CCCN=C(N)N)B(O)O)CCCC2)c1. The zero-order valence-electron chi connectivity index (χ0n) is 18.5. The van der Waals surface area contributed by atoms with E-state index in [9.17, 15) is 19.6 Å². The number of aliphatic imine (C=N–C) groups is 1. The zero-order valence-corrected chi connectivity index (χ0v) is 18.5. The molecule has 1 atom stereocenters. The van der Waals surface area contributed by atoms with Crippen molar-refractivity contribution in [2.75, 3.05) is 20.2 Å². The van der Waals surface area contributed by atoms with Crippen molar-refractivity contribution >= 4 is 24.9 Å². The molecule has 2 rings (SSSR count). The molecule has 1 aromatic rings. The van der Waals surface area contributed by atoms with Gasteiger partial charge in [0, 0.05) is 13.1 Å². The van der Waals surface area contributed by atoms with E-state index in [1.165, 1.54) is 0 Å². The van der Waals surface area contributed by atoms with E-state index in [0.717, 1.165) is 24.2 Å². The van der Waals surface area contributed by atoms with E-state index in [0.29, 0.717) is 38.8 Å². The molecule has 0 aromatic heterocycles. The van der Waals surface area contributed by atoms with Crippen LogP contribution in [-0.4, -0.2) is 61.1 Å². The number of rotatable bonds is 12. The van der Waals surface area contributed by atoms with Crippen LogP contribution in [0.3, 0.4) is 0 Å². The second kappa shape index (κ2) is 12.3. The number of guanidine groups is 1. The molecule has 0 bridgehead atoms. The highest BCUT2D eigenvalue weighted by molar-refractivity contribution is 6.43. The standard InChI is InChI=1S/C21H34BN5O5/c1-32-16-7-4-6-15(14-16)9-13-25-18(28)21(10-2-3-11-21)19(29)27-17(22(30)31)8-5-12-26-20(23)24/h4,6-7,14,17,30-31H,2-3,5,8-13H2,1H3,(H,25,28)(H,27,29)(H4,23,24,26). The van der Waals surface area contributed by atoms with Crippen LogP contribution in [0.5, 0.6) is 5.75 Å². The monoisotopic (exact) mass is 447 g/mol. The van der Waals surface area contributed by atoms with Crippen LogP contribution in [0.25, 0.3) is 0 Å². The lowest BCUT2D eigenvalue weighted by molar-refractivity contribution is -0.143. The predicted octanol–water partition coefficient (Wildman–Crippen LogP) is -0.535. The molecule has 1 fully saturated rings. The Labute approximate surface area is 188 Å². The van der Waals surface area contributed by atoms with E-state index in [4.69, 9.17) is 16.2 Å². The van der Waals surface area contributed by atoms with Gasteiger partial charge in [-0.1, -0.05) is 25.0 Å². The molecule has 10 nitrogen and oxygen atoms in total. The van der Waals surface area contributed by atoms with Crippen molar-refractivity contribution in [2.45, 2.75) is 50.9 Å². The Balaban J connectivity index is 1.96. The van der Waals surface area contributed by atoms with Crippen LogP contribution in [0.1, 0.15) is 44.1 Å². The number of nitrogens with one attached hydrogen (secondary N) is 2. The van der Waals surface area contributed by atoms with E-state index in [1.54, 1.807) is 7.11 Å². The molecule has 11 heteroatoms. The maximum Gasteiger partial charge on any atom is 0.475 e. The molecule has 1 unspecified atom stereocenters. The minimum Gasteiger partial charge on any atom is -0.497 e. The lowest BCUT2D eigenvalue weighted by Gasteiger charge is -2.29. The van der Waals surface area contributed by atoms with E-state index in [-0.39, 0.29) is 18.3 Å². The van der Waals surface area contributed by atoms with Crippen molar-refractivity contribution in [1.82, 2.24) is 10.6 Å². The van der Waals surface area contributed by atoms with Crippen molar-refractivity contribution in [3.8, 4) is 5.75 Å². The highest BCUT2D eigenvalue weighted by Crippen LogP contribution is 2.39. The van der Waals surface area contributed by atoms with Crippen LogP contribution >= 0.6 is 0 Å². The summed E-state index contributed by atoms with van der Waals surface area (Å²) in [4.78, 5) is 30.0. The Hall–Kier alpha value is -2.79. The van der Waals surface area contributed by atoms with Crippen molar-refractivity contribution in [3.05, 3.63) is 29.8 Å². The minimum absolute atomic E-state index is 0.0503. The second-order valence-corrected chi connectivity index (χ2v) is 8.09. The number of hydrogen-bond acceptors (Lipinski definition) is 6. The number of methoxy groups -OCH3 is 1. The number of carbonyl (C=O) groups is 2. The topological polar surface area (TPSA) is 172 Å². The average molecular weight is 447 g/mol. The zero-order chi connectivity index (χ0) is 23.6. The van der Waals surface area contributed by atoms with Gasteiger partial charge in [-0.15, -0.1) is 0 Å². The highest BCUT2D eigenvalue weighted by atomic mass is 16.5. The Kier molecular flexibility index (Phi) is 9.79. The highest BCUT2D eigenvalue weighted by Gasteiger charge is 2.48. The molecular formula is C21H34BN5O5. The third-order valence-corrected chi connectivity index (χ3v) is 5.80. The molecule has 176 valence electrons. The summed E-state index contributed by atoms with van der Waals surface area (Å²) >= 11 is 0. The summed E-state index contributed by atoms with van der Waals surface area (Å²) < 4.78 is 5.21. The molecule has 1 saturated carbocycles. The average Bonchev–Trinajstić information content (AvgIpc) is 3.27. The summed E-state index contributed by atoms with van der Waals surface area (Å²) in [5.41, 5.74) is 10.4. The summed E-state index contributed by atoms with van der Waals surface area (Å²) in [5, 5.41) is 24.9. The maximum absolute atomic E-state index is 13.1. The quantitative estimate of drug-likeness (QED) is 0.0821. The Morgan fingerprint density at radius 2 is 1.97 bits per heavy atom. The van der Waals surface area contributed by atoms with Crippen LogP contribution in [0.4, 0.5) is 0 Å². The summed E-state index contributed by atoms with van der Waals surface area (Å²) in [6, 6.07) is 7.58. The number of nitrogens with zero attached hydrogens (tertiary/aromatic N) is 1. The molecular weight excluding hydrogens is 413 g/mol. The molecule has 8 N–H and O–H groups in total. The van der Waals surface area contributed by atoms with Gasteiger partial charge in [-0.2, -0.15) is 0 Å². The Bertz CT molecular complexity index is 795. The van der Waals surface area contributed by atoms with Gasteiger partial charge in [0.05, 0.1) is 13.1 Å². The molecule has 32 heavy (non-hydrogen) atoms. The van der Waals surface area contributed by atoms with Gasteiger partial charge in [-0.05, 0) is 49.8 Å². The van der Waals surface area contributed by atoms with Crippen molar-refractivity contribution in [3.63, 3.8) is 0 Å². The van der Waals surface area contributed by atoms with Crippen LogP contribution in [0.15, 0.2) is 29.3 Å². The smallest absolute Gasteiger partial charge is 0.475 e. The molecule has 0 saturated heterocycles. The lowest BCUT2D eigenvalue weighted by atomic mass is 9.75. The van der Waals surface area contributed by atoms with Crippen LogP contribution in [0, 0.1) is 5.41 Å². The number of amides is 2. The van der Waals surface area contributed by atoms with Crippen LogP contribution < -0.4 is 26.8 Å². The van der Waals surface area contributed by atoms with Crippen LogP contribution in [0.2, 0.25) is 0 Å². The Morgan fingerprint density at radius 1 is 1.25 bits per heavy atom. The van der Waals surface area contributed by atoms with Crippen molar-refractivity contribution in [1.29, 1.82) is 0 Å². The number of nitrogens with two attached hydrogens (primary N) is 2. The first-order valence-corrected chi connectivity index (χ1v) is 10.9. The summed E-state index contributed by atoms with van der Waals surface area (Å²) in [6.45, 7) is 0.683. The van der Waals surface area contributed by atoms with E-state index in [2.05, 4.69) is 15.6 Å². The van der Waals surface area contributed by atoms with Gasteiger partial charge >= 0.3 is 7.12 Å². The van der Waals surface area contributed by atoms with Gasteiger partial charge in [0.15, 0.2) is 5.96 Å². The minimum atomic E-state index is -1.76. The first kappa shape index (κ1) is 25.5. The third-order valence-electron chi connectivity index (χ3n) is 5.80. The molecule has 0 heterocycles. The molecule has 1 aromatic carbocycles. The molecule has 2 amide bonds. The van der Waals surface area contributed by atoms with Gasteiger partial charge in [-0.25, -0.2) is 0 Å². The fourth-order valence-corrected chi connectivity index (χ4v) is 3.97. The van der Waals surface area contributed by atoms with Gasteiger partial charge in [0.1, 0.15) is 11.2 Å². The number of carbonyl (C=O) groups excluding carboxylic acids is 2. The molecule has 0 radical (unpaired) electrons. The Morgan fingerprint density at radius 3 is 2.59 bits per heavy atom. The van der Waals surface area contributed by atoms with Gasteiger partial charge in [0.25, 0.3) is 0 Å². The molecule has 1 aliphatic rings. The van der Waals surface area contributed by atoms with Crippen LogP contribution in [-0.2, 0) is 16.0 Å². The third kappa shape index (κ3) is 7.13. The summed E-state index contributed by atoms with van der Waals surface area (Å²) in [6.07, 6.45) is 3.66. The second-order valence-electron chi connectivity index (χ2n) is 8.09. The summed E-state index contributed by atoms with van der Waals surface area (Å²) in [5.74, 6) is -1.03. The maximum atomic E-state index is 13.1. The number of hydrogen-bond donors (Lipinski definition) is 6. The van der Waals surface area contributed by atoms with Gasteiger partial charge in [0.2, 0.25) is 11.8 Å². The van der Waals surface area contributed by atoms with Crippen molar-refractivity contribution < 1.29 is 24.4 Å². The molecule has 0 spiro atoms. The first-order chi connectivity index (χ1) is 15.3. The first-order valence-electron chi connectivity index (χ1n) is 10.9. The van der Waals surface area contributed by atoms with Crippen molar-refractivity contribution in [2.24, 2.45) is 21.9 Å². The summed E-state index contributed by atoms with van der Waals surface area (Å²) in [7, 11) is -0.159. The number of benzene rings is 1. The van der Waals surface area contributed by atoms with E-state index < -0.39 is 24.4 Å². The normalized spacial score (nSPS) is 15.5. The van der Waals surface area contributed by atoms with E-state index in [1.807, 2.05) is 24.3 Å². The molecule has 0 aliphatic heterocycles. The predicted molar refractivity (Wildman–Crippen MR) is 123 cm³/mol. The number of ether oxygens (including phenoxy) is 1.